The van der Waals surface area contributed by atoms with Crippen LogP contribution in [-0.4, -0.2) is 25.5 Å². The standard InChI is InChI=1S/C26H30O6/c1-4-7-10-18-13-14-21-22(17-18)24(32-26(28)30-16-6-3)20-12-9-8-11-19(20)23(21)31-25(27)29-15-5-2/h8-9,11-14,17H,4-7,10,15-16H2,1-3H3. The fraction of sp³-hybridized carbons (Fsp3) is 0.385. The molecule has 0 fully saturated rings. The molecule has 6 nitrogen and oxygen atoms in total. The Balaban J connectivity index is 2.18. The molecule has 0 aromatic heterocycles. The van der Waals surface area contributed by atoms with Gasteiger partial charge in [-0.3, -0.25) is 0 Å². The summed E-state index contributed by atoms with van der Waals surface area (Å²) in [5, 5.41) is 2.65. The minimum Gasteiger partial charge on any atom is -0.434 e. The Morgan fingerprint density at radius 3 is 1.75 bits per heavy atom. The molecule has 0 amide bonds. The van der Waals surface area contributed by atoms with Gasteiger partial charge in [0, 0.05) is 21.5 Å². The number of carbonyl (C=O) groups excluding carboxylic acids is 2. The van der Waals surface area contributed by atoms with Crippen LogP contribution in [0, 0.1) is 0 Å². The molecule has 0 saturated heterocycles. The molecule has 170 valence electrons. The Hall–Kier alpha value is -3.28. The van der Waals surface area contributed by atoms with Crippen LogP contribution in [-0.2, 0) is 15.9 Å². The van der Waals surface area contributed by atoms with Gasteiger partial charge in [0.15, 0.2) is 0 Å². The first-order valence-electron chi connectivity index (χ1n) is 11.3. The fourth-order valence-corrected chi connectivity index (χ4v) is 3.50. The molecule has 32 heavy (non-hydrogen) atoms. The van der Waals surface area contributed by atoms with E-state index in [2.05, 4.69) is 6.92 Å². The SMILES string of the molecule is CCCCc1ccc2c(OC(=O)OCCC)c3ccccc3c(OC(=O)OCCC)c2c1. The van der Waals surface area contributed by atoms with Crippen molar-refractivity contribution >= 4 is 33.9 Å². The van der Waals surface area contributed by atoms with E-state index < -0.39 is 12.3 Å². The number of ether oxygens (including phenoxy) is 4. The number of unbranched alkanes of at least 4 members (excludes halogenated alkanes) is 1. The Kier molecular flexibility index (Phi) is 8.31. The number of fused-ring (bicyclic) bond motifs is 2. The van der Waals surface area contributed by atoms with Crippen LogP contribution in [0.1, 0.15) is 52.0 Å². The molecule has 0 spiro atoms. The molecule has 0 aliphatic rings. The van der Waals surface area contributed by atoms with Gasteiger partial charge in [-0.15, -0.1) is 0 Å². The maximum atomic E-state index is 12.3. The third kappa shape index (κ3) is 5.49. The van der Waals surface area contributed by atoms with Crippen LogP contribution >= 0.6 is 0 Å². The van der Waals surface area contributed by atoms with E-state index in [1.807, 2.05) is 56.3 Å². The average Bonchev–Trinajstić information content (AvgIpc) is 2.81. The summed E-state index contributed by atoms with van der Waals surface area (Å²) in [5.41, 5.74) is 1.11. The van der Waals surface area contributed by atoms with Gasteiger partial charge in [0.2, 0.25) is 0 Å². The van der Waals surface area contributed by atoms with Crippen molar-refractivity contribution in [2.24, 2.45) is 0 Å². The summed E-state index contributed by atoms with van der Waals surface area (Å²) in [5.74, 6) is 0.775. The van der Waals surface area contributed by atoms with Gasteiger partial charge in [-0.25, -0.2) is 9.59 Å². The van der Waals surface area contributed by atoms with Gasteiger partial charge in [0.25, 0.3) is 0 Å². The van der Waals surface area contributed by atoms with Crippen LogP contribution in [0.4, 0.5) is 9.59 Å². The monoisotopic (exact) mass is 438 g/mol. The van der Waals surface area contributed by atoms with Crippen LogP contribution in [0.2, 0.25) is 0 Å². The van der Waals surface area contributed by atoms with Crippen LogP contribution < -0.4 is 9.47 Å². The van der Waals surface area contributed by atoms with Gasteiger partial charge < -0.3 is 18.9 Å². The molecular formula is C26H30O6. The molecule has 0 radical (unpaired) electrons. The minimum absolute atomic E-state index is 0.278. The summed E-state index contributed by atoms with van der Waals surface area (Å²) < 4.78 is 21.7. The number of hydrogen-bond donors (Lipinski definition) is 0. The Labute approximate surface area is 188 Å². The van der Waals surface area contributed by atoms with Crippen molar-refractivity contribution in [3.05, 3.63) is 48.0 Å². The molecule has 3 rings (SSSR count). The number of hydrogen-bond acceptors (Lipinski definition) is 6. The van der Waals surface area contributed by atoms with Crippen molar-refractivity contribution in [2.75, 3.05) is 13.2 Å². The zero-order valence-corrected chi connectivity index (χ0v) is 18.9. The second-order valence-electron chi connectivity index (χ2n) is 7.59. The predicted molar refractivity (Wildman–Crippen MR) is 125 cm³/mol. The lowest BCUT2D eigenvalue weighted by atomic mass is 9.97. The van der Waals surface area contributed by atoms with Crippen molar-refractivity contribution in [3.63, 3.8) is 0 Å². The van der Waals surface area contributed by atoms with E-state index in [1.54, 1.807) is 0 Å². The minimum atomic E-state index is -0.760. The largest absolute Gasteiger partial charge is 0.513 e. The Morgan fingerprint density at radius 1 is 0.688 bits per heavy atom. The normalized spacial score (nSPS) is 10.8. The molecule has 0 N–H and O–H groups in total. The molecule has 3 aromatic rings. The molecule has 3 aromatic carbocycles. The number of benzene rings is 3. The van der Waals surface area contributed by atoms with Crippen LogP contribution in [0.15, 0.2) is 42.5 Å². The smallest absolute Gasteiger partial charge is 0.434 e. The predicted octanol–water partition coefficient (Wildman–Crippen LogP) is 7.19. The van der Waals surface area contributed by atoms with Gasteiger partial charge in [-0.1, -0.05) is 63.6 Å². The number of rotatable bonds is 9. The van der Waals surface area contributed by atoms with Crippen molar-refractivity contribution < 1.29 is 28.5 Å². The fourth-order valence-electron chi connectivity index (χ4n) is 3.50. The number of carbonyl (C=O) groups is 2. The zero-order chi connectivity index (χ0) is 22.9. The zero-order valence-electron chi connectivity index (χ0n) is 18.9. The van der Waals surface area contributed by atoms with Crippen LogP contribution in [0.5, 0.6) is 11.5 Å². The Bertz CT molecular complexity index is 1090. The highest BCUT2D eigenvalue weighted by Gasteiger charge is 2.21. The van der Waals surface area contributed by atoms with Crippen molar-refractivity contribution in [1.29, 1.82) is 0 Å². The Morgan fingerprint density at radius 2 is 1.22 bits per heavy atom. The molecule has 6 heteroatoms. The second-order valence-corrected chi connectivity index (χ2v) is 7.59. The highest BCUT2D eigenvalue weighted by atomic mass is 16.7. The van der Waals surface area contributed by atoms with Crippen molar-refractivity contribution in [1.82, 2.24) is 0 Å². The third-order valence-corrected chi connectivity index (χ3v) is 5.03. The lowest BCUT2D eigenvalue weighted by Gasteiger charge is -2.17. The number of aryl methyl sites for hydroxylation is 1. The second kappa shape index (κ2) is 11.4. The molecule has 0 unspecified atom stereocenters. The molecule has 0 atom stereocenters. The lowest BCUT2D eigenvalue weighted by molar-refractivity contribution is 0.0984. The van der Waals surface area contributed by atoms with Crippen molar-refractivity contribution in [3.8, 4) is 11.5 Å². The molecule has 0 heterocycles. The third-order valence-electron chi connectivity index (χ3n) is 5.03. The van der Waals surface area contributed by atoms with E-state index in [0.717, 1.165) is 24.8 Å². The topological polar surface area (TPSA) is 71.1 Å². The maximum Gasteiger partial charge on any atom is 0.513 e. The van der Waals surface area contributed by atoms with Gasteiger partial charge in [-0.2, -0.15) is 0 Å². The van der Waals surface area contributed by atoms with Gasteiger partial charge >= 0.3 is 12.3 Å². The quantitative estimate of drug-likeness (QED) is 0.200. The highest BCUT2D eigenvalue weighted by molar-refractivity contribution is 6.12. The van der Waals surface area contributed by atoms with Crippen LogP contribution in [0.25, 0.3) is 21.5 Å². The molecule has 0 saturated carbocycles. The molecular weight excluding hydrogens is 408 g/mol. The van der Waals surface area contributed by atoms with Crippen molar-refractivity contribution in [2.45, 2.75) is 52.9 Å². The lowest BCUT2D eigenvalue weighted by Crippen LogP contribution is -2.13. The molecule has 0 aliphatic heterocycles. The van der Waals surface area contributed by atoms with E-state index in [0.29, 0.717) is 45.9 Å². The van der Waals surface area contributed by atoms with Gasteiger partial charge in [0.1, 0.15) is 11.5 Å². The molecule has 0 bridgehead atoms. The van der Waals surface area contributed by atoms with Gasteiger partial charge in [-0.05, 0) is 37.3 Å². The summed E-state index contributed by atoms with van der Waals surface area (Å²) in [7, 11) is 0. The average molecular weight is 439 g/mol. The van der Waals surface area contributed by atoms with E-state index in [9.17, 15) is 9.59 Å². The molecule has 0 aliphatic carbocycles. The maximum absolute atomic E-state index is 12.3. The highest BCUT2D eigenvalue weighted by Crippen LogP contribution is 2.43. The first kappa shape index (κ1) is 23.4. The first-order valence-corrected chi connectivity index (χ1v) is 11.3. The first-order chi connectivity index (χ1) is 15.6. The van der Waals surface area contributed by atoms with E-state index in [-0.39, 0.29) is 13.2 Å². The summed E-state index contributed by atoms with van der Waals surface area (Å²) in [6, 6.07) is 13.2. The summed E-state index contributed by atoms with van der Waals surface area (Å²) in [4.78, 5) is 24.6. The van der Waals surface area contributed by atoms with E-state index in [4.69, 9.17) is 18.9 Å². The summed E-state index contributed by atoms with van der Waals surface area (Å²) in [6.45, 7) is 6.53. The van der Waals surface area contributed by atoms with Crippen LogP contribution in [0.3, 0.4) is 0 Å². The van der Waals surface area contributed by atoms with E-state index >= 15 is 0 Å². The van der Waals surface area contributed by atoms with E-state index in [1.165, 1.54) is 0 Å². The van der Waals surface area contributed by atoms with Gasteiger partial charge in [0.05, 0.1) is 13.2 Å². The summed E-state index contributed by atoms with van der Waals surface area (Å²) >= 11 is 0. The summed E-state index contributed by atoms with van der Waals surface area (Å²) in [6.07, 6.45) is 2.89.